The molecule has 1 aromatic rings. The molecule has 0 unspecified atom stereocenters. The van der Waals surface area contributed by atoms with Gasteiger partial charge in [0.1, 0.15) is 5.66 Å². The van der Waals surface area contributed by atoms with Crippen LogP contribution in [0.25, 0.3) is 0 Å². The van der Waals surface area contributed by atoms with E-state index in [-0.39, 0.29) is 17.5 Å². The number of carbonyl (C=O) groups excluding carboxylic acids is 2. The number of benzene rings is 1. The van der Waals surface area contributed by atoms with Crippen molar-refractivity contribution in [3.8, 4) is 0 Å². The third-order valence-corrected chi connectivity index (χ3v) is 4.31. The molecule has 1 aromatic carbocycles. The number of likely N-dealkylation sites (tertiary alicyclic amines) is 1. The molecule has 2 aliphatic rings. The number of hydrogen-bond donors (Lipinski definition) is 3. The number of carboxylic acids is 1. The fourth-order valence-electron chi connectivity index (χ4n) is 2.93. The molecule has 23 heavy (non-hydrogen) atoms. The average molecular weight is 318 g/mol. The molecule has 2 aliphatic heterocycles. The van der Waals surface area contributed by atoms with Gasteiger partial charge in [0.05, 0.1) is 11.3 Å². The number of aromatic carboxylic acids is 1. The predicted molar refractivity (Wildman–Crippen MR) is 81.8 cm³/mol. The molecule has 122 valence electrons. The Kier molecular flexibility index (Phi) is 3.69. The van der Waals surface area contributed by atoms with Crippen molar-refractivity contribution in [3.05, 3.63) is 29.8 Å². The number of amides is 3. The molecule has 8 nitrogen and oxygen atoms in total. The zero-order valence-electron chi connectivity index (χ0n) is 12.7. The van der Waals surface area contributed by atoms with Crippen molar-refractivity contribution in [1.29, 1.82) is 0 Å². The van der Waals surface area contributed by atoms with E-state index in [1.165, 1.54) is 24.1 Å². The van der Waals surface area contributed by atoms with Gasteiger partial charge in [0.15, 0.2) is 0 Å². The van der Waals surface area contributed by atoms with Crippen molar-refractivity contribution in [2.24, 2.45) is 0 Å². The van der Waals surface area contributed by atoms with Gasteiger partial charge in [-0.15, -0.1) is 0 Å². The fraction of sp³-hybridized carbons (Fsp3) is 0.400. The number of piperidine rings is 1. The van der Waals surface area contributed by atoms with Crippen LogP contribution in [0.3, 0.4) is 0 Å². The first-order valence-electron chi connectivity index (χ1n) is 7.39. The Labute approximate surface area is 133 Å². The van der Waals surface area contributed by atoms with Crippen LogP contribution in [0.15, 0.2) is 24.3 Å². The van der Waals surface area contributed by atoms with Crippen LogP contribution in [-0.4, -0.2) is 46.7 Å². The standard InChI is InChI=1S/C15H18N4O4/c1-10(20)18-8-6-15(7-9-18)16-14(23)19(17-15)12-4-2-11(3-5-12)13(21)22/h2-5,17H,6-9H2,1H3,(H,16,23)(H,21,22). The molecular weight excluding hydrogens is 300 g/mol. The summed E-state index contributed by atoms with van der Waals surface area (Å²) in [6.45, 7) is 2.69. The lowest BCUT2D eigenvalue weighted by molar-refractivity contribution is -0.130. The van der Waals surface area contributed by atoms with Crippen molar-refractivity contribution in [3.63, 3.8) is 0 Å². The topological polar surface area (TPSA) is 102 Å². The third kappa shape index (κ3) is 2.85. The van der Waals surface area contributed by atoms with Crippen LogP contribution < -0.4 is 15.8 Å². The summed E-state index contributed by atoms with van der Waals surface area (Å²) in [6.07, 6.45) is 1.23. The van der Waals surface area contributed by atoms with Gasteiger partial charge in [0, 0.05) is 32.9 Å². The SMILES string of the molecule is CC(=O)N1CCC2(CC1)NC(=O)N(c1ccc(C(=O)O)cc1)N2. The number of carbonyl (C=O) groups is 3. The summed E-state index contributed by atoms with van der Waals surface area (Å²) in [5, 5.41) is 13.2. The van der Waals surface area contributed by atoms with Gasteiger partial charge in [-0.1, -0.05) is 0 Å². The van der Waals surface area contributed by atoms with Crippen molar-refractivity contribution in [2.75, 3.05) is 18.1 Å². The van der Waals surface area contributed by atoms with Crippen LogP contribution in [0, 0.1) is 0 Å². The Morgan fingerprint density at radius 1 is 1.17 bits per heavy atom. The van der Waals surface area contributed by atoms with E-state index in [2.05, 4.69) is 10.7 Å². The van der Waals surface area contributed by atoms with E-state index in [4.69, 9.17) is 5.11 Å². The van der Waals surface area contributed by atoms with Gasteiger partial charge < -0.3 is 15.3 Å². The largest absolute Gasteiger partial charge is 0.478 e. The zero-order chi connectivity index (χ0) is 16.6. The van der Waals surface area contributed by atoms with Crippen LogP contribution in [0.4, 0.5) is 10.5 Å². The zero-order valence-corrected chi connectivity index (χ0v) is 12.7. The highest BCUT2D eigenvalue weighted by Gasteiger charge is 2.45. The molecule has 2 fully saturated rings. The molecule has 0 aromatic heterocycles. The second-order valence-electron chi connectivity index (χ2n) is 5.82. The van der Waals surface area contributed by atoms with Crippen LogP contribution in [0.2, 0.25) is 0 Å². The molecule has 0 radical (unpaired) electrons. The van der Waals surface area contributed by atoms with Crippen molar-refractivity contribution < 1.29 is 19.5 Å². The third-order valence-electron chi connectivity index (χ3n) is 4.31. The van der Waals surface area contributed by atoms with Gasteiger partial charge >= 0.3 is 12.0 Å². The number of rotatable bonds is 2. The average Bonchev–Trinajstić information content (AvgIpc) is 2.84. The molecule has 0 aliphatic carbocycles. The highest BCUT2D eigenvalue weighted by molar-refractivity contribution is 5.95. The minimum absolute atomic E-state index is 0.0327. The summed E-state index contributed by atoms with van der Waals surface area (Å²) < 4.78 is 0. The maximum absolute atomic E-state index is 12.2. The second kappa shape index (κ2) is 5.54. The molecular formula is C15H18N4O4. The number of nitrogens with one attached hydrogen (secondary N) is 2. The lowest BCUT2D eigenvalue weighted by atomic mass is 9.98. The first kappa shape index (κ1) is 15.3. The normalized spacial score (nSPS) is 19.8. The number of urea groups is 1. The Morgan fingerprint density at radius 2 is 1.78 bits per heavy atom. The number of nitrogens with zero attached hydrogens (tertiary/aromatic N) is 2. The number of carboxylic acid groups (broad SMARTS) is 1. The van der Waals surface area contributed by atoms with Crippen molar-refractivity contribution in [2.45, 2.75) is 25.4 Å². The van der Waals surface area contributed by atoms with E-state index in [1.54, 1.807) is 17.0 Å². The summed E-state index contributed by atoms with van der Waals surface area (Å²) in [7, 11) is 0. The summed E-state index contributed by atoms with van der Waals surface area (Å²) in [5.41, 5.74) is 3.34. The molecule has 8 heteroatoms. The molecule has 0 saturated carbocycles. The fourth-order valence-corrected chi connectivity index (χ4v) is 2.93. The quantitative estimate of drug-likeness (QED) is 0.747. The van der Waals surface area contributed by atoms with Crippen molar-refractivity contribution >= 4 is 23.6 Å². The first-order chi connectivity index (χ1) is 10.9. The van der Waals surface area contributed by atoms with Crippen molar-refractivity contribution in [1.82, 2.24) is 15.6 Å². The summed E-state index contributed by atoms with van der Waals surface area (Å²) in [4.78, 5) is 36.3. The number of anilines is 1. The van der Waals surface area contributed by atoms with Gasteiger partial charge in [-0.3, -0.25) is 4.79 Å². The maximum Gasteiger partial charge on any atom is 0.338 e. The van der Waals surface area contributed by atoms with Gasteiger partial charge in [-0.05, 0) is 24.3 Å². The predicted octanol–water partition coefficient (Wildman–Crippen LogP) is 0.758. The van der Waals surface area contributed by atoms with E-state index in [0.717, 1.165) is 0 Å². The van der Waals surface area contributed by atoms with Gasteiger partial charge in [0.2, 0.25) is 5.91 Å². The van der Waals surface area contributed by atoms with Gasteiger partial charge in [-0.2, -0.15) is 0 Å². The first-order valence-corrected chi connectivity index (χ1v) is 7.39. The monoisotopic (exact) mass is 318 g/mol. The minimum atomic E-state index is -1.01. The molecule has 2 saturated heterocycles. The Bertz CT molecular complexity index is 650. The highest BCUT2D eigenvalue weighted by Crippen LogP contribution is 2.27. The molecule has 3 amide bonds. The Balaban J connectivity index is 1.73. The van der Waals surface area contributed by atoms with E-state index >= 15 is 0 Å². The van der Waals surface area contributed by atoms with E-state index in [0.29, 0.717) is 31.6 Å². The second-order valence-corrected chi connectivity index (χ2v) is 5.82. The van der Waals surface area contributed by atoms with Gasteiger partial charge in [0.25, 0.3) is 0 Å². The maximum atomic E-state index is 12.2. The lowest BCUT2D eigenvalue weighted by Crippen LogP contribution is -2.58. The summed E-state index contributed by atoms with van der Waals surface area (Å²) in [5.74, 6) is -0.978. The molecule has 2 heterocycles. The van der Waals surface area contributed by atoms with E-state index < -0.39 is 11.6 Å². The number of hydrazine groups is 1. The summed E-state index contributed by atoms with van der Waals surface area (Å²) >= 11 is 0. The molecule has 1 spiro atoms. The Hall–Kier alpha value is -2.61. The van der Waals surface area contributed by atoms with Crippen LogP contribution in [0.1, 0.15) is 30.1 Å². The smallest absolute Gasteiger partial charge is 0.338 e. The molecule has 0 atom stereocenters. The Morgan fingerprint density at radius 3 is 2.30 bits per heavy atom. The van der Waals surface area contributed by atoms with E-state index in [9.17, 15) is 14.4 Å². The van der Waals surface area contributed by atoms with Crippen LogP contribution >= 0.6 is 0 Å². The number of hydrogen-bond acceptors (Lipinski definition) is 4. The molecule has 3 N–H and O–H groups in total. The van der Waals surface area contributed by atoms with Crippen LogP contribution in [-0.2, 0) is 4.79 Å². The highest BCUT2D eigenvalue weighted by atomic mass is 16.4. The summed E-state index contributed by atoms with van der Waals surface area (Å²) in [6, 6.07) is 5.79. The van der Waals surface area contributed by atoms with E-state index in [1.807, 2.05) is 0 Å². The van der Waals surface area contributed by atoms with Gasteiger partial charge in [-0.25, -0.2) is 20.0 Å². The van der Waals surface area contributed by atoms with Crippen LogP contribution in [0.5, 0.6) is 0 Å². The lowest BCUT2D eigenvalue weighted by Gasteiger charge is -2.38. The molecule has 0 bridgehead atoms. The minimum Gasteiger partial charge on any atom is -0.478 e. The molecule has 3 rings (SSSR count).